The summed E-state index contributed by atoms with van der Waals surface area (Å²) in [4.78, 5) is 0. The lowest BCUT2D eigenvalue weighted by molar-refractivity contribution is 0.412. The molecule has 0 saturated carbocycles. The maximum absolute atomic E-state index is 5.32. The van der Waals surface area contributed by atoms with Gasteiger partial charge in [-0.2, -0.15) is 0 Å². The standard InChI is InChI=1S/C18H23NO2/c1-4-19-18(15-6-5-7-17(13-15)21-3)12-14-8-10-16(20-2)11-9-14/h5-11,13,18-19H,4,12H2,1-3H3. The van der Waals surface area contributed by atoms with E-state index in [1.54, 1.807) is 14.2 Å². The lowest BCUT2D eigenvalue weighted by Crippen LogP contribution is -2.23. The second-order valence-corrected chi connectivity index (χ2v) is 4.94. The van der Waals surface area contributed by atoms with Crippen molar-refractivity contribution in [2.75, 3.05) is 20.8 Å². The third kappa shape index (κ3) is 4.23. The molecule has 0 aliphatic heterocycles. The van der Waals surface area contributed by atoms with E-state index in [1.165, 1.54) is 11.1 Å². The summed E-state index contributed by atoms with van der Waals surface area (Å²) in [5.41, 5.74) is 2.52. The average molecular weight is 285 g/mol. The van der Waals surface area contributed by atoms with Crippen LogP contribution in [0.15, 0.2) is 48.5 Å². The molecular formula is C18H23NO2. The first kappa shape index (κ1) is 15.4. The molecule has 0 radical (unpaired) electrons. The van der Waals surface area contributed by atoms with Gasteiger partial charge in [-0.25, -0.2) is 0 Å². The first-order chi connectivity index (χ1) is 10.3. The summed E-state index contributed by atoms with van der Waals surface area (Å²) in [5.74, 6) is 1.78. The first-order valence-electron chi connectivity index (χ1n) is 7.27. The number of rotatable bonds is 7. The number of hydrogen-bond acceptors (Lipinski definition) is 3. The maximum Gasteiger partial charge on any atom is 0.119 e. The number of nitrogens with one attached hydrogen (secondary N) is 1. The summed E-state index contributed by atoms with van der Waals surface area (Å²) in [6.45, 7) is 3.05. The zero-order chi connectivity index (χ0) is 15.1. The number of likely N-dealkylation sites (N-methyl/N-ethyl adjacent to an activating group) is 1. The van der Waals surface area contributed by atoms with Crippen LogP contribution in [-0.4, -0.2) is 20.8 Å². The highest BCUT2D eigenvalue weighted by Crippen LogP contribution is 2.23. The second-order valence-electron chi connectivity index (χ2n) is 4.94. The van der Waals surface area contributed by atoms with Crippen LogP contribution in [0.3, 0.4) is 0 Å². The Morgan fingerprint density at radius 3 is 2.29 bits per heavy atom. The quantitative estimate of drug-likeness (QED) is 0.843. The molecule has 112 valence electrons. The molecular weight excluding hydrogens is 262 g/mol. The molecule has 3 heteroatoms. The van der Waals surface area contributed by atoms with Crippen LogP contribution >= 0.6 is 0 Å². The van der Waals surface area contributed by atoms with Crippen molar-refractivity contribution >= 4 is 0 Å². The molecule has 0 aliphatic rings. The Bertz CT molecular complexity index is 551. The fraction of sp³-hybridized carbons (Fsp3) is 0.333. The molecule has 0 heterocycles. The van der Waals surface area contributed by atoms with Crippen LogP contribution in [0.4, 0.5) is 0 Å². The molecule has 3 nitrogen and oxygen atoms in total. The summed E-state index contributed by atoms with van der Waals surface area (Å²) in [5, 5.41) is 3.54. The number of ether oxygens (including phenoxy) is 2. The van der Waals surface area contributed by atoms with Crippen LogP contribution in [-0.2, 0) is 6.42 Å². The summed E-state index contributed by atoms with van der Waals surface area (Å²) < 4.78 is 10.5. The van der Waals surface area contributed by atoms with E-state index < -0.39 is 0 Å². The summed E-state index contributed by atoms with van der Waals surface area (Å²) in [7, 11) is 3.39. The Morgan fingerprint density at radius 1 is 0.952 bits per heavy atom. The van der Waals surface area contributed by atoms with Gasteiger partial charge < -0.3 is 14.8 Å². The van der Waals surface area contributed by atoms with Crippen LogP contribution < -0.4 is 14.8 Å². The normalized spacial score (nSPS) is 12.0. The Balaban J connectivity index is 2.17. The third-order valence-electron chi connectivity index (χ3n) is 3.55. The molecule has 0 spiro atoms. The van der Waals surface area contributed by atoms with Crippen LogP contribution in [0.2, 0.25) is 0 Å². The van der Waals surface area contributed by atoms with E-state index in [0.29, 0.717) is 0 Å². The van der Waals surface area contributed by atoms with Gasteiger partial charge in [0, 0.05) is 6.04 Å². The zero-order valence-corrected chi connectivity index (χ0v) is 12.9. The van der Waals surface area contributed by atoms with Crippen molar-refractivity contribution in [3.8, 4) is 11.5 Å². The van der Waals surface area contributed by atoms with Crippen molar-refractivity contribution in [3.05, 3.63) is 59.7 Å². The van der Waals surface area contributed by atoms with E-state index in [9.17, 15) is 0 Å². The number of hydrogen-bond donors (Lipinski definition) is 1. The van der Waals surface area contributed by atoms with Crippen LogP contribution in [0.5, 0.6) is 11.5 Å². The highest BCUT2D eigenvalue weighted by molar-refractivity contribution is 5.33. The molecule has 1 unspecified atom stereocenters. The van der Waals surface area contributed by atoms with Gasteiger partial charge in [-0.1, -0.05) is 31.2 Å². The average Bonchev–Trinajstić information content (AvgIpc) is 2.55. The minimum atomic E-state index is 0.276. The van der Waals surface area contributed by atoms with Crippen LogP contribution in [0.1, 0.15) is 24.1 Å². The smallest absolute Gasteiger partial charge is 0.119 e. The lowest BCUT2D eigenvalue weighted by atomic mass is 9.98. The fourth-order valence-corrected chi connectivity index (χ4v) is 2.41. The highest BCUT2D eigenvalue weighted by atomic mass is 16.5. The largest absolute Gasteiger partial charge is 0.497 e. The molecule has 2 rings (SSSR count). The number of benzene rings is 2. The van der Waals surface area contributed by atoms with Gasteiger partial charge in [0.05, 0.1) is 14.2 Å². The van der Waals surface area contributed by atoms with E-state index in [2.05, 4.69) is 36.5 Å². The first-order valence-corrected chi connectivity index (χ1v) is 7.27. The van der Waals surface area contributed by atoms with E-state index in [1.807, 2.05) is 24.3 Å². The molecule has 0 fully saturated rings. The van der Waals surface area contributed by atoms with Crippen molar-refractivity contribution in [1.29, 1.82) is 0 Å². The van der Waals surface area contributed by atoms with Gasteiger partial charge in [-0.3, -0.25) is 0 Å². The van der Waals surface area contributed by atoms with Crippen LogP contribution in [0.25, 0.3) is 0 Å². The van der Waals surface area contributed by atoms with E-state index in [4.69, 9.17) is 9.47 Å². The maximum atomic E-state index is 5.32. The predicted molar refractivity (Wildman–Crippen MR) is 86.1 cm³/mol. The van der Waals surface area contributed by atoms with E-state index >= 15 is 0 Å². The zero-order valence-electron chi connectivity index (χ0n) is 12.9. The van der Waals surface area contributed by atoms with Gasteiger partial charge in [0.25, 0.3) is 0 Å². The summed E-state index contributed by atoms with van der Waals surface area (Å²) >= 11 is 0. The molecule has 0 saturated heterocycles. The van der Waals surface area contributed by atoms with E-state index in [-0.39, 0.29) is 6.04 Å². The molecule has 2 aromatic carbocycles. The third-order valence-corrected chi connectivity index (χ3v) is 3.55. The second kappa shape index (κ2) is 7.70. The topological polar surface area (TPSA) is 30.5 Å². The Labute approximate surface area is 126 Å². The van der Waals surface area contributed by atoms with Crippen molar-refractivity contribution in [2.45, 2.75) is 19.4 Å². The molecule has 1 N–H and O–H groups in total. The molecule has 21 heavy (non-hydrogen) atoms. The lowest BCUT2D eigenvalue weighted by Gasteiger charge is -2.19. The summed E-state index contributed by atoms with van der Waals surface area (Å²) in [6, 6.07) is 16.8. The number of methoxy groups -OCH3 is 2. The Morgan fingerprint density at radius 2 is 1.67 bits per heavy atom. The van der Waals surface area contributed by atoms with Crippen molar-refractivity contribution in [3.63, 3.8) is 0 Å². The van der Waals surface area contributed by atoms with Crippen molar-refractivity contribution in [2.24, 2.45) is 0 Å². The van der Waals surface area contributed by atoms with Gasteiger partial charge >= 0.3 is 0 Å². The van der Waals surface area contributed by atoms with Crippen molar-refractivity contribution in [1.82, 2.24) is 5.32 Å². The highest BCUT2D eigenvalue weighted by Gasteiger charge is 2.12. The minimum absolute atomic E-state index is 0.276. The Hall–Kier alpha value is -2.00. The summed E-state index contributed by atoms with van der Waals surface area (Å²) in [6.07, 6.45) is 0.936. The molecule has 1 atom stereocenters. The molecule has 0 aromatic heterocycles. The molecule has 0 amide bonds. The SMILES string of the molecule is CCNC(Cc1ccc(OC)cc1)c1cccc(OC)c1. The van der Waals surface area contributed by atoms with Gasteiger partial charge in [0.1, 0.15) is 11.5 Å². The Kier molecular flexibility index (Phi) is 5.64. The minimum Gasteiger partial charge on any atom is -0.497 e. The predicted octanol–water partition coefficient (Wildman–Crippen LogP) is 3.60. The monoisotopic (exact) mass is 285 g/mol. The van der Waals surface area contributed by atoms with Gasteiger partial charge in [0.15, 0.2) is 0 Å². The molecule has 0 bridgehead atoms. The molecule has 2 aromatic rings. The van der Waals surface area contributed by atoms with E-state index in [0.717, 1.165) is 24.5 Å². The fourth-order valence-electron chi connectivity index (χ4n) is 2.41. The van der Waals surface area contributed by atoms with Gasteiger partial charge in [-0.05, 0) is 48.4 Å². The van der Waals surface area contributed by atoms with Gasteiger partial charge in [0.2, 0.25) is 0 Å². The van der Waals surface area contributed by atoms with Gasteiger partial charge in [-0.15, -0.1) is 0 Å². The van der Waals surface area contributed by atoms with Crippen molar-refractivity contribution < 1.29 is 9.47 Å². The molecule has 0 aliphatic carbocycles. The van der Waals surface area contributed by atoms with Crippen LogP contribution in [0, 0.1) is 0 Å².